The van der Waals surface area contributed by atoms with Crippen molar-refractivity contribution in [1.82, 2.24) is 25.2 Å². The number of hydrogen-bond donors (Lipinski definition) is 1. The minimum Gasteiger partial charge on any atom is -0.341 e. The first-order valence-electron chi connectivity index (χ1n) is 9.74. The highest BCUT2D eigenvalue weighted by atomic mass is 16.2. The molecule has 1 atom stereocenters. The van der Waals surface area contributed by atoms with Gasteiger partial charge in [-0.25, -0.2) is 0 Å². The molecular weight excluding hydrogens is 326 g/mol. The van der Waals surface area contributed by atoms with E-state index >= 15 is 0 Å². The van der Waals surface area contributed by atoms with E-state index in [4.69, 9.17) is 0 Å². The largest absolute Gasteiger partial charge is 0.341 e. The van der Waals surface area contributed by atoms with Gasteiger partial charge in [0, 0.05) is 25.2 Å². The number of carbonyl (C=O) groups is 1. The number of rotatable bonds is 5. The summed E-state index contributed by atoms with van der Waals surface area (Å²) in [5.41, 5.74) is 2.55. The highest BCUT2D eigenvalue weighted by Gasteiger charge is 2.50. The molecule has 1 unspecified atom stereocenters. The van der Waals surface area contributed by atoms with E-state index in [9.17, 15) is 4.79 Å². The molecule has 1 aromatic carbocycles. The van der Waals surface area contributed by atoms with Crippen molar-refractivity contribution in [1.29, 1.82) is 0 Å². The summed E-state index contributed by atoms with van der Waals surface area (Å²) < 4.78 is 0. The molecule has 2 aliphatic heterocycles. The van der Waals surface area contributed by atoms with Crippen LogP contribution in [0.4, 0.5) is 0 Å². The molecular formula is C20H27N5O. The molecule has 1 spiro atoms. The predicted molar refractivity (Wildman–Crippen MR) is 100 cm³/mol. The standard InChI is InChI=1S/C20H27N5O/c1-2-12-24-13-6-10-20(19(24)26)11-7-14-25(20)15-17-18(22-23-21-17)16-8-4-3-5-9-16/h3-5,8-9H,2,6-7,10-15H2,1H3,(H,21,22,23). The number of carbonyl (C=O) groups excluding carboxylic acids is 1. The second-order valence-electron chi connectivity index (χ2n) is 7.44. The predicted octanol–water partition coefficient (Wildman–Crippen LogP) is 2.84. The van der Waals surface area contributed by atoms with Gasteiger partial charge in [0.2, 0.25) is 5.91 Å². The summed E-state index contributed by atoms with van der Waals surface area (Å²) in [6.07, 6.45) is 5.11. The highest BCUT2D eigenvalue weighted by molar-refractivity contribution is 5.87. The number of nitrogens with zero attached hydrogens (tertiary/aromatic N) is 4. The maximum Gasteiger partial charge on any atom is 0.243 e. The highest BCUT2D eigenvalue weighted by Crippen LogP contribution is 2.39. The Morgan fingerprint density at radius 2 is 1.88 bits per heavy atom. The Balaban J connectivity index is 1.59. The molecule has 0 aliphatic carbocycles. The van der Waals surface area contributed by atoms with Gasteiger partial charge in [-0.15, -0.1) is 0 Å². The lowest BCUT2D eigenvalue weighted by Crippen LogP contribution is -2.59. The fourth-order valence-corrected chi connectivity index (χ4v) is 4.61. The van der Waals surface area contributed by atoms with Crippen LogP contribution in [-0.4, -0.2) is 56.3 Å². The summed E-state index contributed by atoms with van der Waals surface area (Å²) in [6, 6.07) is 10.1. The summed E-state index contributed by atoms with van der Waals surface area (Å²) in [5, 5.41) is 11.6. The van der Waals surface area contributed by atoms with Crippen LogP contribution in [0.15, 0.2) is 30.3 Å². The van der Waals surface area contributed by atoms with Gasteiger partial charge in [0.05, 0.1) is 0 Å². The summed E-state index contributed by atoms with van der Waals surface area (Å²) in [5.74, 6) is 0.327. The number of H-pyrrole nitrogens is 1. The average molecular weight is 353 g/mol. The Bertz CT molecular complexity index is 757. The summed E-state index contributed by atoms with van der Waals surface area (Å²) >= 11 is 0. The number of amides is 1. The van der Waals surface area contributed by atoms with E-state index in [1.165, 1.54) is 0 Å². The minimum absolute atomic E-state index is 0.327. The van der Waals surface area contributed by atoms with Gasteiger partial charge in [0.15, 0.2) is 0 Å². The van der Waals surface area contributed by atoms with Crippen LogP contribution in [0.1, 0.15) is 44.7 Å². The minimum atomic E-state index is -0.333. The van der Waals surface area contributed by atoms with Crippen molar-refractivity contribution < 1.29 is 4.79 Å². The zero-order valence-corrected chi connectivity index (χ0v) is 15.4. The van der Waals surface area contributed by atoms with E-state index in [1.807, 2.05) is 18.2 Å². The van der Waals surface area contributed by atoms with Crippen molar-refractivity contribution in [2.75, 3.05) is 19.6 Å². The lowest BCUT2D eigenvalue weighted by Gasteiger charge is -2.44. The maximum absolute atomic E-state index is 13.3. The number of aromatic nitrogens is 3. The first-order chi connectivity index (χ1) is 12.7. The second-order valence-corrected chi connectivity index (χ2v) is 7.44. The second kappa shape index (κ2) is 7.19. The van der Waals surface area contributed by atoms with E-state index in [1.54, 1.807) is 0 Å². The third-order valence-corrected chi connectivity index (χ3v) is 5.83. The van der Waals surface area contributed by atoms with Crippen LogP contribution >= 0.6 is 0 Å². The number of hydrogen-bond acceptors (Lipinski definition) is 4. The van der Waals surface area contributed by atoms with Gasteiger partial charge in [0.1, 0.15) is 16.9 Å². The molecule has 2 saturated heterocycles. The monoisotopic (exact) mass is 353 g/mol. The Labute approximate surface area is 154 Å². The Hall–Kier alpha value is -2.21. The van der Waals surface area contributed by atoms with Gasteiger partial charge < -0.3 is 4.90 Å². The molecule has 6 nitrogen and oxygen atoms in total. The number of likely N-dealkylation sites (tertiary alicyclic amines) is 2. The van der Waals surface area contributed by atoms with Crippen LogP contribution < -0.4 is 0 Å². The van der Waals surface area contributed by atoms with Gasteiger partial charge in [-0.3, -0.25) is 9.69 Å². The van der Waals surface area contributed by atoms with E-state index < -0.39 is 0 Å². The summed E-state index contributed by atoms with van der Waals surface area (Å²) in [4.78, 5) is 17.7. The zero-order valence-electron chi connectivity index (χ0n) is 15.4. The first-order valence-corrected chi connectivity index (χ1v) is 9.74. The number of benzene rings is 1. The van der Waals surface area contributed by atoms with Gasteiger partial charge in [-0.2, -0.15) is 15.4 Å². The molecule has 2 aliphatic rings. The first kappa shape index (κ1) is 17.2. The summed E-state index contributed by atoms with van der Waals surface area (Å²) in [7, 11) is 0. The Morgan fingerprint density at radius 3 is 2.65 bits per heavy atom. The maximum atomic E-state index is 13.3. The van der Waals surface area contributed by atoms with Crippen LogP contribution in [0.25, 0.3) is 11.3 Å². The summed E-state index contributed by atoms with van der Waals surface area (Å²) in [6.45, 7) is 5.54. The van der Waals surface area contributed by atoms with Gasteiger partial charge >= 0.3 is 0 Å². The molecule has 2 fully saturated rings. The molecule has 1 N–H and O–H groups in total. The third kappa shape index (κ3) is 2.92. The van der Waals surface area contributed by atoms with Crippen molar-refractivity contribution in [3.63, 3.8) is 0 Å². The van der Waals surface area contributed by atoms with Crippen LogP contribution in [-0.2, 0) is 11.3 Å². The van der Waals surface area contributed by atoms with Gasteiger partial charge in [-0.05, 0) is 38.6 Å². The lowest BCUT2D eigenvalue weighted by molar-refractivity contribution is -0.147. The number of nitrogens with one attached hydrogen (secondary N) is 1. The zero-order chi connectivity index (χ0) is 18.0. The van der Waals surface area contributed by atoms with Gasteiger partial charge in [-0.1, -0.05) is 37.3 Å². The normalized spacial score (nSPS) is 23.9. The molecule has 1 amide bonds. The van der Waals surface area contributed by atoms with Crippen LogP contribution in [0.5, 0.6) is 0 Å². The lowest BCUT2D eigenvalue weighted by atomic mass is 9.85. The van der Waals surface area contributed by atoms with Crippen molar-refractivity contribution in [3.8, 4) is 11.3 Å². The molecule has 0 saturated carbocycles. The molecule has 2 aromatic rings. The fourth-order valence-electron chi connectivity index (χ4n) is 4.61. The fraction of sp³-hybridized carbons (Fsp3) is 0.550. The van der Waals surface area contributed by atoms with E-state index in [2.05, 4.69) is 44.3 Å². The van der Waals surface area contributed by atoms with Gasteiger partial charge in [0.25, 0.3) is 0 Å². The SMILES string of the molecule is CCCN1CCCC2(CCCN2Cc2n[nH]nc2-c2ccccc2)C1=O. The van der Waals surface area contributed by atoms with Crippen molar-refractivity contribution in [3.05, 3.63) is 36.0 Å². The van der Waals surface area contributed by atoms with Crippen molar-refractivity contribution in [2.45, 2.75) is 51.1 Å². The molecule has 0 bridgehead atoms. The van der Waals surface area contributed by atoms with E-state index in [0.717, 1.165) is 68.7 Å². The van der Waals surface area contributed by atoms with E-state index in [0.29, 0.717) is 12.5 Å². The smallest absolute Gasteiger partial charge is 0.243 e. The Morgan fingerprint density at radius 1 is 1.12 bits per heavy atom. The molecule has 26 heavy (non-hydrogen) atoms. The Kier molecular flexibility index (Phi) is 4.76. The number of aromatic amines is 1. The molecule has 3 heterocycles. The van der Waals surface area contributed by atoms with Crippen LogP contribution in [0.3, 0.4) is 0 Å². The average Bonchev–Trinajstić information content (AvgIpc) is 3.29. The van der Waals surface area contributed by atoms with E-state index in [-0.39, 0.29) is 5.54 Å². The third-order valence-electron chi connectivity index (χ3n) is 5.83. The number of piperidine rings is 1. The molecule has 0 radical (unpaired) electrons. The van der Waals surface area contributed by atoms with Crippen molar-refractivity contribution in [2.24, 2.45) is 0 Å². The molecule has 4 rings (SSSR count). The molecule has 1 aromatic heterocycles. The van der Waals surface area contributed by atoms with Crippen molar-refractivity contribution >= 4 is 5.91 Å². The molecule has 138 valence electrons. The topological polar surface area (TPSA) is 65.1 Å². The van der Waals surface area contributed by atoms with Crippen LogP contribution in [0.2, 0.25) is 0 Å². The molecule has 6 heteroatoms. The quantitative estimate of drug-likeness (QED) is 0.898. The van der Waals surface area contributed by atoms with Crippen LogP contribution in [0, 0.1) is 0 Å².